The van der Waals surface area contributed by atoms with Gasteiger partial charge >= 0.3 is 11.9 Å². The second kappa shape index (κ2) is 34.8. The minimum atomic E-state index is -0.762. The summed E-state index contributed by atoms with van der Waals surface area (Å²) in [5.41, 5.74) is 0. The van der Waals surface area contributed by atoms with Crippen molar-refractivity contribution in [1.82, 2.24) is 0 Å². The lowest BCUT2D eigenvalue weighted by Gasteiger charge is -2.15. The van der Waals surface area contributed by atoms with Gasteiger partial charge in [-0.3, -0.25) is 9.59 Å². The van der Waals surface area contributed by atoms with Crippen molar-refractivity contribution >= 4 is 11.9 Å². The highest BCUT2D eigenvalue weighted by molar-refractivity contribution is 5.70. The van der Waals surface area contributed by atoms with E-state index in [-0.39, 0.29) is 25.2 Å². The zero-order valence-electron chi connectivity index (χ0n) is 29.9. The van der Waals surface area contributed by atoms with Crippen molar-refractivity contribution in [1.29, 1.82) is 0 Å². The molecule has 0 saturated carbocycles. The lowest BCUT2D eigenvalue weighted by Crippen LogP contribution is -2.28. The molecule has 0 saturated heterocycles. The number of carbonyl (C=O) groups excluding carboxylic acids is 2. The van der Waals surface area contributed by atoms with Crippen molar-refractivity contribution in [2.45, 2.75) is 219 Å². The number of ether oxygens (including phenoxy) is 2. The largest absolute Gasteiger partial charge is 0.462 e. The molecule has 5 heteroatoms. The fraction of sp³-hybridized carbons (Fsp3) is 0.949. The lowest BCUT2D eigenvalue weighted by atomic mass is 9.99. The number of aliphatic hydroxyl groups excluding tert-OH is 1. The summed E-state index contributed by atoms with van der Waals surface area (Å²) in [5, 5.41) is 9.54. The average Bonchev–Trinajstić information content (AvgIpc) is 3.03. The summed E-state index contributed by atoms with van der Waals surface area (Å²) in [5.74, 6) is 0.301. The van der Waals surface area contributed by atoms with Gasteiger partial charge in [0.1, 0.15) is 6.61 Å². The van der Waals surface area contributed by atoms with Crippen LogP contribution in [0, 0.1) is 5.92 Å². The molecule has 2 atom stereocenters. The lowest BCUT2D eigenvalue weighted by molar-refractivity contribution is -0.161. The van der Waals surface area contributed by atoms with Crippen LogP contribution in [0.2, 0.25) is 0 Å². The molecule has 5 nitrogen and oxygen atoms in total. The zero-order valence-corrected chi connectivity index (χ0v) is 29.9. The molecule has 0 aromatic carbocycles. The van der Waals surface area contributed by atoms with Crippen molar-refractivity contribution in [3.63, 3.8) is 0 Å². The van der Waals surface area contributed by atoms with Crippen LogP contribution < -0.4 is 0 Å². The highest BCUT2D eigenvalue weighted by Gasteiger charge is 2.16. The topological polar surface area (TPSA) is 72.8 Å². The van der Waals surface area contributed by atoms with E-state index in [9.17, 15) is 14.7 Å². The molecule has 0 aliphatic rings. The maximum Gasteiger partial charge on any atom is 0.306 e. The minimum absolute atomic E-state index is 0.0581. The Hall–Kier alpha value is -1.10. The normalized spacial score (nSPS) is 12.7. The van der Waals surface area contributed by atoms with Gasteiger partial charge in [0.05, 0.1) is 6.61 Å². The molecule has 0 amide bonds. The maximum absolute atomic E-state index is 12.2. The van der Waals surface area contributed by atoms with E-state index in [1.807, 2.05) is 0 Å². The first-order chi connectivity index (χ1) is 21.5. The smallest absolute Gasteiger partial charge is 0.306 e. The first-order valence-electron chi connectivity index (χ1n) is 19.5. The molecule has 0 radical (unpaired) electrons. The van der Waals surface area contributed by atoms with Crippen LogP contribution in [0.3, 0.4) is 0 Å². The summed E-state index contributed by atoms with van der Waals surface area (Å²) in [6, 6.07) is 0. The number of aliphatic hydroxyl groups is 1. The van der Waals surface area contributed by atoms with Crippen LogP contribution in [0.15, 0.2) is 0 Å². The Bertz CT molecular complexity index is 607. The van der Waals surface area contributed by atoms with E-state index >= 15 is 0 Å². The summed E-state index contributed by atoms with van der Waals surface area (Å²) in [4.78, 5) is 24.2. The van der Waals surface area contributed by atoms with Crippen molar-refractivity contribution < 1.29 is 24.2 Å². The van der Waals surface area contributed by atoms with Gasteiger partial charge in [-0.05, 0) is 18.8 Å². The Balaban J connectivity index is 3.51. The van der Waals surface area contributed by atoms with Crippen molar-refractivity contribution in [2.24, 2.45) is 5.92 Å². The summed E-state index contributed by atoms with van der Waals surface area (Å²) in [6.07, 6.45) is 35.8. The number of rotatable bonds is 35. The van der Waals surface area contributed by atoms with Crippen molar-refractivity contribution in [3.05, 3.63) is 0 Å². The number of carbonyl (C=O) groups is 2. The molecule has 0 fully saturated rings. The minimum Gasteiger partial charge on any atom is -0.462 e. The van der Waals surface area contributed by atoms with E-state index < -0.39 is 6.10 Å². The van der Waals surface area contributed by atoms with Gasteiger partial charge in [0, 0.05) is 12.8 Å². The highest BCUT2D eigenvalue weighted by atomic mass is 16.6. The predicted octanol–water partition coefficient (Wildman–Crippen LogP) is 11.8. The summed E-state index contributed by atoms with van der Waals surface area (Å²) in [7, 11) is 0. The molecule has 44 heavy (non-hydrogen) atoms. The number of unbranched alkanes of at least 4 members (excludes halogenated alkanes) is 24. The van der Waals surface area contributed by atoms with Crippen LogP contribution in [0.25, 0.3) is 0 Å². The van der Waals surface area contributed by atoms with Crippen LogP contribution in [0.4, 0.5) is 0 Å². The molecule has 0 spiro atoms. The number of esters is 2. The van der Waals surface area contributed by atoms with E-state index in [4.69, 9.17) is 9.47 Å². The third-order valence-corrected chi connectivity index (χ3v) is 9.19. The molecule has 1 unspecified atom stereocenters. The summed E-state index contributed by atoms with van der Waals surface area (Å²) < 4.78 is 10.6. The molecule has 1 N–H and O–H groups in total. The Morgan fingerprint density at radius 2 is 0.886 bits per heavy atom. The molecular formula is C39H76O5. The van der Waals surface area contributed by atoms with Gasteiger partial charge in [-0.1, -0.05) is 188 Å². The van der Waals surface area contributed by atoms with E-state index in [0.29, 0.717) is 12.8 Å². The first kappa shape index (κ1) is 42.9. The molecule has 0 aliphatic heterocycles. The van der Waals surface area contributed by atoms with E-state index in [1.165, 1.54) is 141 Å². The van der Waals surface area contributed by atoms with E-state index in [0.717, 1.165) is 44.4 Å². The second-order valence-electron chi connectivity index (χ2n) is 13.6. The Morgan fingerprint density at radius 3 is 1.27 bits per heavy atom. The molecule has 262 valence electrons. The summed E-state index contributed by atoms with van der Waals surface area (Å²) in [6.45, 7) is 6.52. The molecule has 0 bridgehead atoms. The highest BCUT2D eigenvalue weighted by Crippen LogP contribution is 2.16. The molecule has 0 aromatic heterocycles. The van der Waals surface area contributed by atoms with Gasteiger partial charge < -0.3 is 14.6 Å². The third kappa shape index (κ3) is 32.3. The van der Waals surface area contributed by atoms with Crippen LogP contribution in [-0.4, -0.2) is 36.4 Å². The van der Waals surface area contributed by atoms with E-state index in [1.54, 1.807) is 0 Å². The predicted molar refractivity (Wildman–Crippen MR) is 187 cm³/mol. The Kier molecular flexibility index (Phi) is 33.9. The molecular weight excluding hydrogens is 548 g/mol. The van der Waals surface area contributed by atoms with Crippen LogP contribution >= 0.6 is 0 Å². The van der Waals surface area contributed by atoms with Crippen molar-refractivity contribution in [3.8, 4) is 0 Å². The fourth-order valence-corrected chi connectivity index (χ4v) is 5.82. The fourth-order valence-electron chi connectivity index (χ4n) is 5.82. The average molecular weight is 625 g/mol. The Labute approximate surface area is 274 Å². The quantitative estimate of drug-likeness (QED) is 0.0561. The van der Waals surface area contributed by atoms with Gasteiger partial charge in [-0.2, -0.15) is 0 Å². The first-order valence-corrected chi connectivity index (χ1v) is 19.5. The van der Waals surface area contributed by atoms with Gasteiger partial charge in [-0.15, -0.1) is 0 Å². The molecule has 0 rings (SSSR count). The van der Waals surface area contributed by atoms with Crippen LogP contribution in [0.1, 0.15) is 213 Å². The van der Waals surface area contributed by atoms with Gasteiger partial charge in [0.15, 0.2) is 6.10 Å². The molecule has 0 aliphatic carbocycles. The molecule has 0 aromatic rings. The van der Waals surface area contributed by atoms with Crippen molar-refractivity contribution in [2.75, 3.05) is 13.2 Å². The summed E-state index contributed by atoms with van der Waals surface area (Å²) >= 11 is 0. The van der Waals surface area contributed by atoms with Crippen LogP contribution in [-0.2, 0) is 19.1 Å². The maximum atomic E-state index is 12.2. The SMILES string of the molecule is CCCCCCCCCCCCCCCCCCC(=O)O[C@@H](CO)COC(=O)CCCCCCCCCCCCC(C)CC. The zero-order chi connectivity index (χ0) is 32.4. The Morgan fingerprint density at radius 1 is 0.523 bits per heavy atom. The standard InChI is InChI=1S/C39H76O5/c1-4-6-7-8-9-10-11-12-13-14-15-16-21-24-27-30-33-39(42)44-37(34-40)35-43-38(41)32-29-26-23-20-18-17-19-22-25-28-31-36(3)5-2/h36-37,40H,4-35H2,1-3H3/t36?,37-/m0/s1. The second-order valence-corrected chi connectivity index (χ2v) is 13.6. The van der Waals surface area contributed by atoms with E-state index in [2.05, 4.69) is 20.8 Å². The van der Waals surface area contributed by atoms with Crippen LogP contribution in [0.5, 0.6) is 0 Å². The third-order valence-electron chi connectivity index (χ3n) is 9.19. The number of hydrogen-bond donors (Lipinski definition) is 1. The monoisotopic (exact) mass is 625 g/mol. The van der Waals surface area contributed by atoms with Gasteiger partial charge in [0.25, 0.3) is 0 Å². The van der Waals surface area contributed by atoms with Gasteiger partial charge in [-0.25, -0.2) is 0 Å². The molecule has 0 heterocycles. The number of hydrogen-bond acceptors (Lipinski definition) is 5. The van der Waals surface area contributed by atoms with Gasteiger partial charge in [0.2, 0.25) is 0 Å².